The number of aromatic amines is 2. The predicted molar refractivity (Wildman–Crippen MR) is 352 cm³/mol. The molecule has 0 aliphatic carbocycles. The minimum absolute atomic E-state index is 0.775. The lowest BCUT2D eigenvalue weighted by molar-refractivity contribution is 1.22. The van der Waals surface area contributed by atoms with E-state index < -0.39 is 0 Å². The molecule has 15 heteroatoms. The number of benzene rings is 3. The van der Waals surface area contributed by atoms with Crippen molar-refractivity contribution in [1.82, 2.24) is 74.8 Å². The summed E-state index contributed by atoms with van der Waals surface area (Å²) in [5.74, 6) is 0. The van der Waals surface area contributed by atoms with Gasteiger partial charge in [0.05, 0.1) is 68.4 Å². The van der Waals surface area contributed by atoms with Gasteiger partial charge in [0.2, 0.25) is 0 Å². The van der Waals surface area contributed by atoms with Gasteiger partial charge in [-0.3, -0.25) is 44.9 Å². The van der Waals surface area contributed by atoms with Crippen molar-refractivity contribution in [2.45, 2.75) is 0 Å². The first-order chi connectivity index (χ1) is 43.7. The summed E-state index contributed by atoms with van der Waals surface area (Å²) in [7, 11) is 0. The van der Waals surface area contributed by atoms with Crippen molar-refractivity contribution in [3.8, 4) is 45.6 Å². The SMILES string of the molecule is c1ccc(-c2cccc(-c3ccccn3)n2)nc1.c1ccc(-c2ccccn2)nc1.c1ccc2cc(-c3cc4ccccc4cn3)ncc2c1.c1ccncc1.c1cnc2[nH]ccc2c1.c1cnc2c(c1)ccc1cccnc12.c1cnc2nc[nH]c2c1. The molecule has 2 N–H and O–H groups in total. The number of hydrogen-bond donors (Lipinski definition) is 2. The Morgan fingerprint density at radius 3 is 1.12 bits per heavy atom. The van der Waals surface area contributed by atoms with Gasteiger partial charge in [0.25, 0.3) is 0 Å². The number of H-pyrrole nitrogens is 2. The van der Waals surface area contributed by atoms with Crippen LogP contribution < -0.4 is 0 Å². The number of aromatic nitrogens is 15. The summed E-state index contributed by atoms with van der Waals surface area (Å²) in [5, 5.41) is 8.11. The summed E-state index contributed by atoms with van der Waals surface area (Å²) in [4.78, 5) is 61.1. The van der Waals surface area contributed by atoms with Crippen molar-refractivity contribution in [2.24, 2.45) is 0 Å². The van der Waals surface area contributed by atoms with Gasteiger partial charge in [-0.1, -0.05) is 109 Å². The van der Waals surface area contributed by atoms with Crippen LogP contribution >= 0.6 is 0 Å². The second-order valence-corrected chi connectivity index (χ2v) is 19.0. The molecule has 0 saturated heterocycles. The largest absolute Gasteiger partial charge is 0.346 e. The zero-order chi connectivity index (χ0) is 59.6. The Hall–Kier alpha value is -12.5. The summed E-state index contributed by atoms with van der Waals surface area (Å²) in [6, 6.07) is 77.3. The summed E-state index contributed by atoms with van der Waals surface area (Å²) >= 11 is 0. The maximum Gasteiger partial charge on any atom is 0.177 e. The Bertz CT molecular complexity index is 4510. The van der Waals surface area contributed by atoms with Crippen LogP contribution in [0, 0.1) is 0 Å². The van der Waals surface area contributed by atoms with Crippen LogP contribution in [0.4, 0.5) is 0 Å². The second kappa shape index (κ2) is 30.2. The van der Waals surface area contributed by atoms with Crippen molar-refractivity contribution in [3.05, 3.63) is 323 Å². The molecule has 0 aliphatic heterocycles. The van der Waals surface area contributed by atoms with Gasteiger partial charge < -0.3 is 9.97 Å². The fraction of sp³-hybridized carbons (Fsp3) is 0. The molecule has 17 aromatic rings. The maximum atomic E-state index is 4.59. The van der Waals surface area contributed by atoms with E-state index in [1.807, 2.05) is 195 Å². The van der Waals surface area contributed by atoms with Crippen molar-refractivity contribution >= 4 is 65.5 Å². The first kappa shape index (κ1) is 57.3. The molecule has 15 nitrogen and oxygen atoms in total. The molecule has 0 atom stereocenters. The zero-order valence-corrected chi connectivity index (χ0v) is 47.4. The molecule has 0 unspecified atom stereocenters. The van der Waals surface area contributed by atoms with Gasteiger partial charge >= 0.3 is 0 Å². The van der Waals surface area contributed by atoms with Crippen LogP contribution in [0.5, 0.6) is 0 Å². The third-order valence-electron chi connectivity index (χ3n) is 13.1. The number of rotatable bonds is 4. The van der Waals surface area contributed by atoms with E-state index in [1.165, 1.54) is 10.8 Å². The highest BCUT2D eigenvalue weighted by molar-refractivity contribution is 6.02. The second-order valence-electron chi connectivity index (χ2n) is 19.0. The highest BCUT2D eigenvalue weighted by atomic mass is 14.9. The first-order valence-corrected chi connectivity index (χ1v) is 28.1. The minimum Gasteiger partial charge on any atom is -0.346 e. The molecule has 88 heavy (non-hydrogen) atoms. The molecular weight excluding hydrogens is 1090 g/mol. The number of fused-ring (bicyclic) bond motifs is 7. The predicted octanol–water partition coefficient (Wildman–Crippen LogP) is 16.2. The number of hydrogen-bond acceptors (Lipinski definition) is 13. The van der Waals surface area contributed by atoms with Crippen molar-refractivity contribution < 1.29 is 0 Å². The normalized spacial score (nSPS) is 10.3. The fourth-order valence-corrected chi connectivity index (χ4v) is 8.88. The molecule has 422 valence electrons. The fourth-order valence-electron chi connectivity index (χ4n) is 8.88. The molecule has 0 spiro atoms. The molecule has 0 bridgehead atoms. The standard InChI is InChI=1S/C18H12N2.C15H11N3.C12H8N2.C10H8N2.C7H6N2.C6H5N3.C5H5N/c1-3-7-15-11-19-17(9-13(15)5-1)18-10-14-6-2-4-8-16(14)12-20-18;1-3-10-16-12(6-1)14-8-5-9-15(18-14)13-7-2-4-11-17-13;1-3-9-5-6-10-4-2-8-14-12(10)11(9)13-7-1;1-3-7-11-9(5-1)10-6-2-4-8-12-10;1-2-6-3-5-9-7(6)8-4-1;1-2-5-6(7-3-1)9-4-8-5;1-2-4-6-5-3-1/h1-12H;1-11H;1-8H;1-8H;1-5H,(H,8,9);1-4H,(H,7,8,9);1-5H. The monoisotopic (exact) mass is 1140 g/mol. The van der Waals surface area contributed by atoms with E-state index in [-0.39, 0.29) is 0 Å². The van der Waals surface area contributed by atoms with Crippen molar-refractivity contribution in [3.63, 3.8) is 0 Å². The van der Waals surface area contributed by atoms with Crippen LogP contribution in [-0.4, -0.2) is 74.8 Å². The minimum atomic E-state index is 0.775. The topological polar surface area (TPSA) is 199 Å². The molecule has 0 radical (unpaired) electrons. The Kier molecular flexibility index (Phi) is 19.7. The van der Waals surface area contributed by atoms with Gasteiger partial charge in [-0.25, -0.2) is 19.9 Å². The smallest absolute Gasteiger partial charge is 0.177 e. The molecule has 3 aromatic carbocycles. The van der Waals surface area contributed by atoms with E-state index in [9.17, 15) is 0 Å². The molecule has 0 aliphatic rings. The first-order valence-electron chi connectivity index (χ1n) is 28.1. The van der Waals surface area contributed by atoms with E-state index in [1.54, 1.807) is 68.3 Å². The Morgan fingerprint density at radius 2 is 0.659 bits per heavy atom. The Morgan fingerprint density at radius 1 is 0.239 bits per heavy atom. The van der Waals surface area contributed by atoms with Crippen LogP contribution in [-0.2, 0) is 0 Å². The molecule has 0 amide bonds. The van der Waals surface area contributed by atoms with Crippen molar-refractivity contribution in [1.29, 1.82) is 0 Å². The molecule has 14 heterocycles. The van der Waals surface area contributed by atoms with Crippen LogP contribution in [0.2, 0.25) is 0 Å². The molecule has 14 aromatic heterocycles. The van der Waals surface area contributed by atoms with Crippen LogP contribution in [0.3, 0.4) is 0 Å². The number of pyridine rings is 12. The maximum absolute atomic E-state index is 4.59. The molecule has 17 rings (SSSR count). The van der Waals surface area contributed by atoms with Crippen molar-refractivity contribution in [2.75, 3.05) is 0 Å². The van der Waals surface area contributed by atoms with E-state index in [2.05, 4.69) is 135 Å². The van der Waals surface area contributed by atoms with E-state index in [4.69, 9.17) is 0 Å². The lowest BCUT2D eigenvalue weighted by Gasteiger charge is -2.04. The van der Waals surface area contributed by atoms with Gasteiger partial charge in [-0.05, 0) is 138 Å². The van der Waals surface area contributed by atoms with Crippen LogP contribution in [0.25, 0.3) is 111 Å². The van der Waals surface area contributed by atoms with E-state index in [0.29, 0.717) is 0 Å². The summed E-state index contributed by atoms with van der Waals surface area (Å²) < 4.78 is 0. The summed E-state index contributed by atoms with van der Waals surface area (Å²) in [5.41, 5.74) is 11.8. The van der Waals surface area contributed by atoms with Gasteiger partial charge in [0.15, 0.2) is 5.65 Å². The summed E-state index contributed by atoms with van der Waals surface area (Å²) in [6.45, 7) is 0. The van der Waals surface area contributed by atoms with Gasteiger partial charge in [-0.2, -0.15) is 0 Å². The Balaban J connectivity index is 0.000000109. The van der Waals surface area contributed by atoms with Gasteiger partial charge in [-0.15, -0.1) is 0 Å². The highest BCUT2D eigenvalue weighted by Crippen LogP contribution is 2.25. The average Bonchev–Trinajstić information content (AvgIpc) is 4.38. The number of nitrogens with one attached hydrogen (secondary N) is 2. The highest BCUT2D eigenvalue weighted by Gasteiger charge is 2.06. The third-order valence-corrected chi connectivity index (χ3v) is 13.1. The van der Waals surface area contributed by atoms with Gasteiger partial charge in [0.1, 0.15) is 5.65 Å². The van der Waals surface area contributed by atoms with E-state index in [0.717, 1.165) is 100 Å². The van der Waals surface area contributed by atoms with E-state index >= 15 is 0 Å². The lowest BCUT2D eigenvalue weighted by atomic mass is 10.1. The quantitative estimate of drug-likeness (QED) is 0.158. The van der Waals surface area contributed by atoms with Gasteiger partial charge in [0, 0.05) is 107 Å². The summed E-state index contributed by atoms with van der Waals surface area (Å²) in [6.07, 6.45) is 25.0. The number of nitrogens with zero attached hydrogens (tertiary/aromatic N) is 13. The van der Waals surface area contributed by atoms with Crippen LogP contribution in [0.15, 0.2) is 323 Å². The molecule has 0 fully saturated rings. The molecule has 0 saturated carbocycles. The average molecular weight is 1140 g/mol. The Labute approximate surface area is 506 Å². The molecular formula is C73H55N15. The van der Waals surface area contributed by atoms with Crippen LogP contribution in [0.1, 0.15) is 0 Å². The zero-order valence-electron chi connectivity index (χ0n) is 47.4. The lowest BCUT2D eigenvalue weighted by Crippen LogP contribution is -1.90. The third kappa shape index (κ3) is 15.8. The number of imidazole rings is 1.